The SMILES string of the molecule is C=CCC(C(=O)c1ccccc1)/C(=C/c1ccc(Cl)cc1)OC(C)=O. The van der Waals surface area contributed by atoms with E-state index >= 15 is 0 Å². The van der Waals surface area contributed by atoms with Crippen LogP contribution in [0.2, 0.25) is 5.02 Å². The fourth-order valence-electron chi connectivity index (χ4n) is 2.41. The Labute approximate surface area is 152 Å². The molecule has 3 nitrogen and oxygen atoms in total. The Morgan fingerprint density at radius 2 is 1.76 bits per heavy atom. The monoisotopic (exact) mass is 354 g/mol. The molecule has 0 saturated carbocycles. The molecule has 0 bridgehead atoms. The number of rotatable bonds is 7. The van der Waals surface area contributed by atoms with E-state index in [2.05, 4.69) is 6.58 Å². The Kier molecular flexibility index (Phi) is 6.72. The van der Waals surface area contributed by atoms with E-state index < -0.39 is 11.9 Å². The predicted molar refractivity (Wildman–Crippen MR) is 100 cm³/mol. The molecule has 0 aliphatic carbocycles. The van der Waals surface area contributed by atoms with Crippen molar-refractivity contribution in [3.63, 3.8) is 0 Å². The smallest absolute Gasteiger partial charge is 0.307 e. The van der Waals surface area contributed by atoms with E-state index in [0.717, 1.165) is 5.56 Å². The molecule has 0 aliphatic rings. The fraction of sp³-hybridized carbons (Fsp3) is 0.143. The van der Waals surface area contributed by atoms with Crippen LogP contribution >= 0.6 is 11.6 Å². The molecule has 0 spiro atoms. The van der Waals surface area contributed by atoms with Gasteiger partial charge in [0.25, 0.3) is 0 Å². The summed E-state index contributed by atoms with van der Waals surface area (Å²) in [6.07, 6.45) is 3.69. The number of esters is 1. The Balaban J connectivity index is 2.43. The molecule has 0 N–H and O–H groups in total. The lowest BCUT2D eigenvalue weighted by Crippen LogP contribution is -2.20. The second kappa shape index (κ2) is 9.00. The van der Waals surface area contributed by atoms with E-state index in [-0.39, 0.29) is 5.78 Å². The largest absolute Gasteiger partial charge is 0.430 e. The highest BCUT2D eigenvalue weighted by atomic mass is 35.5. The summed E-state index contributed by atoms with van der Waals surface area (Å²) in [6.45, 7) is 5.03. The van der Waals surface area contributed by atoms with Crippen molar-refractivity contribution in [2.75, 3.05) is 0 Å². The number of ether oxygens (including phenoxy) is 1. The van der Waals surface area contributed by atoms with Gasteiger partial charge >= 0.3 is 5.97 Å². The number of Topliss-reactive ketones (excluding diaryl/α,β-unsaturated/α-hetero) is 1. The number of carbonyl (C=O) groups is 2. The van der Waals surface area contributed by atoms with Crippen molar-refractivity contribution >= 4 is 29.4 Å². The molecule has 2 rings (SSSR count). The maximum absolute atomic E-state index is 12.9. The molecule has 0 aromatic heterocycles. The molecule has 1 unspecified atom stereocenters. The van der Waals surface area contributed by atoms with Crippen molar-refractivity contribution in [2.45, 2.75) is 13.3 Å². The summed E-state index contributed by atoms with van der Waals surface area (Å²) in [5.41, 5.74) is 1.35. The second-order valence-corrected chi connectivity index (χ2v) is 5.94. The van der Waals surface area contributed by atoms with E-state index in [1.807, 2.05) is 6.07 Å². The first-order valence-corrected chi connectivity index (χ1v) is 8.24. The summed E-state index contributed by atoms with van der Waals surface area (Å²) >= 11 is 5.90. The van der Waals surface area contributed by atoms with Gasteiger partial charge in [-0.15, -0.1) is 6.58 Å². The normalized spacial score (nSPS) is 12.3. The van der Waals surface area contributed by atoms with E-state index in [9.17, 15) is 9.59 Å². The van der Waals surface area contributed by atoms with Crippen molar-refractivity contribution in [2.24, 2.45) is 5.92 Å². The molecular formula is C21H19ClO3. The van der Waals surface area contributed by atoms with Crippen LogP contribution in [-0.4, -0.2) is 11.8 Å². The fourth-order valence-corrected chi connectivity index (χ4v) is 2.54. The molecular weight excluding hydrogens is 336 g/mol. The standard InChI is InChI=1S/C21H19ClO3/c1-3-7-19(21(24)17-8-5-4-6-9-17)20(25-15(2)23)14-16-10-12-18(22)13-11-16/h3-6,8-14,19H,1,7H2,2H3/b20-14-. The molecule has 2 aromatic carbocycles. The number of hydrogen-bond donors (Lipinski definition) is 0. The molecule has 0 radical (unpaired) electrons. The van der Waals surface area contributed by atoms with Gasteiger partial charge in [0.05, 0.1) is 5.92 Å². The van der Waals surface area contributed by atoms with Crippen molar-refractivity contribution in [3.05, 3.63) is 89.2 Å². The van der Waals surface area contributed by atoms with Crippen molar-refractivity contribution in [1.29, 1.82) is 0 Å². The third-order valence-corrected chi connectivity index (χ3v) is 3.81. The number of carbonyl (C=O) groups excluding carboxylic acids is 2. The summed E-state index contributed by atoms with van der Waals surface area (Å²) in [6, 6.07) is 16.0. The van der Waals surface area contributed by atoms with Crippen LogP contribution in [-0.2, 0) is 9.53 Å². The predicted octanol–water partition coefficient (Wildman–Crippen LogP) is 5.32. The molecule has 1 atom stereocenters. The van der Waals surface area contributed by atoms with Gasteiger partial charge in [-0.05, 0) is 30.2 Å². The molecule has 0 saturated heterocycles. The zero-order valence-electron chi connectivity index (χ0n) is 13.9. The lowest BCUT2D eigenvalue weighted by Gasteiger charge is -2.18. The molecule has 128 valence electrons. The van der Waals surface area contributed by atoms with Gasteiger partial charge in [-0.3, -0.25) is 9.59 Å². The lowest BCUT2D eigenvalue weighted by molar-refractivity contribution is -0.137. The summed E-state index contributed by atoms with van der Waals surface area (Å²) in [7, 11) is 0. The van der Waals surface area contributed by atoms with E-state index in [0.29, 0.717) is 22.8 Å². The minimum absolute atomic E-state index is 0.123. The number of ketones is 1. The average molecular weight is 355 g/mol. The van der Waals surface area contributed by atoms with Crippen molar-refractivity contribution in [3.8, 4) is 0 Å². The first-order valence-electron chi connectivity index (χ1n) is 7.87. The molecule has 0 heterocycles. The molecule has 4 heteroatoms. The van der Waals surface area contributed by atoms with E-state index in [4.69, 9.17) is 16.3 Å². The second-order valence-electron chi connectivity index (χ2n) is 5.50. The number of allylic oxidation sites excluding steroid dienone is 2. The molecule has 25 heavy (non-hydrogen) atoms. The third-order valence-electron chi connectivity index (χ3n) is 3.56. The highest BCUT2D eigenvalue weighted by Gasteiger charge is 2.25. The van der Waals surface area contributed by atoms with Crippen LogP contribution in [0, 0.1) is 5.92 Å². The van der Waals surface area contributed by atoms with Gasteiger partial charge < -0.3 is 4.74 Å². The van der Waals surface area contributed by atoms with Crippen LogP contribution in [0.15, 0.2) is 73.0 Å². The van der Waals surface area contributed by atoms with E-state index in [1.54, 1.807) is 60.7 Å². The van der Waals surface area contributed by atoms with Crippen molar-refractivity contribution < 1.29 is 14.3 Å². The summed E-state index contributed by atoms with van der Waals surface area (Å²) in [5, 5.41) is 0.606. The first kappa shape index (κ1) is 18.7. The molecule has 0 fully saturated rings. The molecule has 0 aliphatic heterocycles. The Hall–Kier alpha value is -2.65. The third kappa shape index (κ3) is 5.44. The van der Waals surface area contributed by atoms with E-state index in [1.165, 1.54) is 6.92 Å². The lowest BCUT2D eigenvalue weighted by atomic mass is 9.91. The highest BCUT2D eigenvalue weighted by molar-refractivity contribution is 6.30. The number of hydrogen-bond acceptors (Lipinski definition) is 3. The zero-order valence-corrected chi connectivity index (χ0v) is 14.7. The van der Waals surface area contributed by atoms with Crippen LogP contribution < -0.4 is 0 Å². The van der Waals surface area contributed by atoms with Gasteiger partial charge in [0.1, 0.15) is 5.76 Å². The number of halogens is 1. The Morgan fingerprint density at radius 3 is 2.32 bits per heavy atom. The average Bonchev–Trinajstić information content (AvgIpc) is 2.61. The summed E-state index contributed by atoms with van der Waals surface area (Å²) in [5.74, 6) is -0.930. The highest BCUT2D eigenvalue weighted by Crippen LogP contribution is 2.25. The Morgan fingerprint density at radius 1 is 1.12 bits per heavy atom. The van der Waals surface area contributed by atoms with Gasteiger partial charge in [0.15, 0.2) is 5.78 Å². The minimum atomic E-state index is -0.625. The maximum Gasteiger partial charge on any atom is 0.307 e. The summed E-state index contributed by atoms with van der Waals surface area (Å²) < 4.78 is 5.36. The van der Waals surface area contributed by atoms with Crippen LogP contribution in [0.4, 0.5) is 0 Å². The Bertz CT molecular complexity index is 777. The van der Waals surface area contributed by atoms with Gasteiger partial charge in [0, 0.05) is 17.5 Å². The van der Waals surface area contributed by atoms with Gasteiger partial charge in [0.2, 0.25) is 0 Å². The quantitative estimate of drug-likeness (QED) is 0.292. The minimum Gasteiger partial charge on any atom is -0.430 e. The number of benzene rings is 2. The topological polar surface area (TPSA) is 43.4 Å². The molecule has 0 amide bonds. The van der Waals surface area contributed by atoms with Gasteiger partial charge in [-0.25, -0.2) is 0 Å². The van der Waals surface area contributed by atoms with Crippen LogP contribution in [0.25, 0.3) is 6.08 Å². The van der Waals surface area contributed by atoms with Gasteiger partial charge in [-0.2, -0.15) is 0 Å². The first-order chi connectivity index (χ1) is 12.0. The van der Waals surface area contributed by atoms with Gasteiger partial charge in [-0.1, -0.05) is 60.1 Å². The van der Waals surface area contributed by atoms with Crippen LogP contribution in [0.5, 0.6) is 0 Å². The molecule has 2 aromatic rings. The summed E-state index contributed by atoms with van der Waals surface area (Å²) in [4.78, 5) is 24.4. The van der Waals surface area contributed by atoms with Crippen LogP contribution in [0.1, 0.15) is 29.3 Å². The maximum atomic E-state index is 12.9. The zero-order chi connectivity index (χ0) is 18.2. The van der Waals surface area contributed by atoms with Crippen molar-refractivity contribution in [1.82, 2.24) is 0 Å². The van der Waals surface area contributed by atoms with Crippen LogP contribution in [0.3, 0.4) is 0 Å².